The van der Waals surface area contributed by atoms with Gasteiger partial charge in [-0.15, -0.1) is 0 Å². The molecule has 0 spiro atoms. The molecule has 6 rings (SSSR count). The summed E-state index contributed by atoms with van der Waals surface area (Å²) in [6.07, 6.45) is 1.12. The molecule has 78 valence electrons. The molecule has 4 heteroatoms. The largest absolute Gasteiger partial charge is 0.481 e. The Hall–Kier alpha value is -1.06. The summed E-state index contributed by atoms with van der Waals surface area (Å²) in [5.74, 6) is 0.151. The van der Waals surface area contributed by atoms with E-state index in [-0.39, 0.29) is 23.7 Å². The quantitative estimate of drug-likeness (QED) is 0.680. The lowest BCUT2D eigenvalue weighted by Gasteiger charge is -2.16. The van der Waals surface area contributed by atoms with Crippen molar-refractivity contribution in [3.05, 3.63) is 0 Å². The van der Waals surface area contributed by atoms with Gasteiger partial charge in [-0.2, -0.15) is 0 Å². The van der Waals surface area contributed by atoms with Crippen molar-refractivity contribution >= 4 is 11.9 Å². The number of carboxylic acid groups (broad SMARTS) is 2. The zero-order valence-electron chi connectivity index (χ0n) is 7.88. The summed E-state index contributed by atoms with van der Waals surface area (Å²) in [5, 5.41) is 18.8. The zero-order valence-corrected chi connectivity index (χ0v) is 7.88. The normalized spacial score (nSPS) is 73.3. The summed E-state index contributed by atoms with van der Waals surface area (Å²) in [6, 6.07) is 0. The maximum Gasteiger partial charge on any atom is 0.311 e. The average molecular weight is 206 g/mol. The molecule has 0 aromatic carbocycles. The lowest BCUT2D eigenvalue weighted by atomic mass is 9.86. The standard InChI is InChI=1S/C11H10O4/c12-8(13)10-4-2-1-3(6(4)10)7-5(2)11(7,10)9(14)15/h2-7H,1H2,(H,12,13)(H,14,15)/t2?,3?,4-,5+,6+,7-,10?,11?. The Bertz CT molecular complexity index is 405. The van der Waals surface area contributed by atoms with Crippen LogP contribution in [0.4, 0.5) is 0 Å². The molecule has 4 unspecified atom stereocenters. The van der Waals surface area contributed by atoms with Gasteiger partial charge in [-0.1, -0.05) is 0 Å². The average Bonchev–Trinajstić information content (AvgIpc) is 2.90. The maximum atomic E-state index is 11.5. The van der Waals surface area contributed by atoms with E-state index in [1.54, 1.807) is 0 Å². The topological polar surface area (TPSA) is 74.6 Å². The van der Waals surface area contributed by atoms with E-state index in [1.807, 2.05) is 0 Å². The van der Waals surface area contributed by atoms with E-state index in [0.717, 1.165) is 6.42 Å². The fraction of sp³-hybridized carbons (Fsp3) is 0.818. The van der Waals surface area contributed by atoms with Crippen molar-refractivity contribution in [2.24, 2.45) is 46.3 Å². The third-order valence-electron chi connectivity index (χ3n) is 6.44. The molecule has 2 N–H and O–H groups in total. The Kier molecular flexibility index (Phi) is 0.691. The van der Waals surface area contributed by atoms with Gasteiger partial charge in [0.2, 0.25) is 0 Å². The van der Waals surface area contributed by atoms with E-state index in [2.05, 4.69) is 0 Å². The number of carbonyl (C=O) groups is 2. The highest BCUT2D eigenvalue weighted by Gasteiger charge is 3.08. The second-order valence-corrected chi connectivity index (χ2v) is 6.01. The molecule has 8 atom stereocenters. The van der Waals surface area contributed by atoms with Gasteiger partial charge in [0.25, 0.3) is 0 Å². The van der Waals surface area contributed by atoms with E-state index >= 15 is 0 Å². The molecule has 6 fully saturated rings. The van der Waals surface area contributed by atoms with Crippen LogP contribution in [0.25, 0.3) is 0 Å². The lowest BCUT2D eigenvalue weighted by Crippen LogP contribution is -2.34. The molecular weight excluding hydrogens is 196 g/mol. The van der Waals surface area contributed by atoms with Crippen molar-refractivity contribution in [1.29, 1.82) is 0 Å². The first-order valence-electron chi connectivity index (χ1n) is 5.58. The molecule has 6 aliphatic carbocycles. The Morgan fingerprint density at radius 2 is 1.20 bits per heavy atom. The van der Waals surface area contributed by atoms with Gasteiger partial charge >= 0.3 is 11.9 Å². The van der Waals surface area contributed by atoms with Crippen LogP contribution in [0.15, 0.2) is 0 Å². The van der Waals surface area contributed by atoms with Crippen molar-refractivity contribution in [2.75, 3.05) is 0 Å². The van der Waals surface area contributed by atoms with Crippen LogP contribution in [-0.4, -0.2) is 22.2 Å². The predicted octanol–water partition coefficient (Wildman–Crippen LogP) is 0.284. The van der Waals surface area contributed by atoms with Gasteiger partial charge in [0, 0.05) is 0 Å². The Labute approximate surface area is 85.3 Å². The van der Waals surface area contributed by atoms with Gasteiger partial charge < -0.3 is 10.2 Å². The van der Waals surface area contributed by atoms with Gasteiger partial charge in [-0.25, -0.2) is 0 Å². The van der Waals surface area contributed by atoms with Crippen LogP contribution in [0, 0.1) is 46.3 Å². The fourth-order valence-electron chi connectivity index (χ4n) is 6.68. The second-order valence-electron chi connectivity index (χ2n) is 6.01. The van der Waals surface area contributed by atoms with Crippen LogP contribution in [-0.2, 0) is 9.59 Å². The number of aliphatic carboxylic acids is 2. The highest BCUT2D eigenvalue weighted by molar-refractivity contribution is 5.98. The van der Waals surface area contributed by atoms with Crippen LogP contribution in [0.1, 0.15) is 6.42 Å². The highest BCUT2D eigenvalue weighted by Crippen LogP contribution is 3.04. The first-order valence-corrected chi connectivity index (χ1v) is 5.58. The molecule has 0 amide bonds. The summed E-state index contributed by atoms with van der Waals surface area (Å²) >= 11 is 0. The number of rotatable bonds is 2. The summed E-state index contributed by atoms with van der Waals surface area (Å²) in [6.45, 7) is 0. The minimum atomic E-state index is -0.822. The maximum absolute atomic E-state index is 11.5. The molecule has 4 nitrogen and oxygen atoms in total. The molecule has 6 saturated carbocycles. The van der Waals surface area contributed by atoms with Crippen LogP contribution >= 0.6 is 0 Å². The fourth-order valence-corrected chi connectivity index (χ4v) is 6.68. The van der Waals surface area contributed by atoms with Crippen LogP contribution in [0.3, 0.4) is 0 Å². The molecular formula is C11H10O4. The van der Waals surface area contributed by atoms with Crippen molar-refractivity contribution in [3.8, 4) is 0 Å². The minimum Gasteiger partial charge on any atom is -0.481 e. The molecule has 0 heterocycles. The number of carboxylic acids is 2. The monoisotopic (exact) mass is 206 g/mol. The number of hydrogen-bond donors (Lipinski definition) is 2. The van der Waals surface area contributed by atoms with E-state index in [9.17, 15) is 19.8 Å². The summed E-state index contributed by atoms with van der Waals surface area (Å²) in [4.78, 5) is 22.9. The Morgan fingerprint density at radius 1 is 0.867 bits per heavy atom. The molecule has 0 radical (unpaired) electrons. The molecule has 6 aliphatic rings. The van der Waals surface area contributed by atoms with Crippen molar-refractivity contribution in [1.82, 2.24) is 0 Å². The molecule has 0 aliphatic heterocycles. The smallest absolute Gasteiger partial charge is 0.311 e. The Balaban J connectivity index is 1.84. The SMILES string of the molecule is O=C(O)C12[C@@H]3C4CC([C@@H]5[C@H]4C51C(=O)O)[C@@H]32. The molecule has 0 saturated heterocycles. The highest BCUT2D eigenvalue weighted by atomic mass is 16.4. The van der Waals surface area contributed by atoms with Crippen molar-refractivity contribution in [2.45, 2.75) is 6.42 Å². The Morgan fingerprint density at radius 3 is 1.47 bits per heavy atom. The minimum absolute atomic E-state index is 0.228. The van der Waals surface area contributed by atoms with Gasteiger partial charge in [-0.05, 0) is 41.9 Å². The molecule has 0 aromatic rings. The first kappa shape index (κ1) is 7.25. The van der Waals surface area contributed by atoms with Gasteiger partial charge in [0.05, 0.1) is 10.8 Å². The molecule has 0 aromatic heterocycles. The second kappa shape index (κ2) is 1.43. The molecule has 15 heavy (non-hydrogen) atoms. The third kappa shape index (κ3) is 0.336. The first-order chi connectivity index (χ1) is 7.11. The van der Waals surface area contributed by atoms with E-state index in [1.165, 1.54) is 0 Å². The number of hydrogen-bond acceptors (Lipinski definition) is 2. The van der Waals surface area contributed by atoms with Crippen LogP contribution in [0.5, 0.6) is 0 Å². The summed E-state index contributed by atoms with van der Waals surface area (Å²) in [5.41, 5.74) is -1.64. The van der Waals surface area contributed by atoms with Gasteiger partial charge in [0.15, 0.2) is 0 Å². The van der Waals surface area contributed by atoms with E-state index in [4.69, 9.17) is 0 Å². The third-order valence-corrected chi connectivity index (χ3v) is 6.44. The zero-order chi connectivity index (χ0) is 10.3. The van der Waals surface area contributed by atoms with Crippen LogP contribution in [0.2, 0.25) is 0 Å². The lowest BCUT2D eigenvalue weighted by molar-refractivity contribution is -0.158. The predicted molar refractivity (Wildman–Crippen MR) is 45.7 cm³/mol. The van der Waals surface area contributed by atoms with E-state index < -0.39 is 22.8 Å². The summed E-state index contributed by atoms with van der Waals surface area (Å²) < 4.78 is 0. The van der Waals surface area contributed by atoms with Crippen LogP contribution < -0.4 is 0 Å². The van der Waals surface area contributed by atoms with Crippen molar-refractivity contribution in [3.63, 3.8) is 0 Å². The van der Waals surface area contributed by atoms with E-state index in [0.29, 0.717) is 11.8 Å². The van der Waals surface area contributed by atoms with Gasteiger partial charge in [-0.3, -0.25) is 9.59 Å². The van der Waals surface area contributed by atoms with Crippen molar-refractivity contribution < 1.29 is 19.8 Å². The summed E-state index contributed by atoms with van der Waals surface area (Å²) in [7, 11) is 0. The molecule has 2 bridgehead atoms. The van der Waals surface area contributed by atoms with Gasteiger partial charge in [0.1, 0.15) is 0 Å².